The lowest BCUT2D eigenvalue weighted by atomic mass is 10.2. The summed E-state index contributed by atoms with van der Waals surface area (Å²) in [6.07, 6.45) is 1.65. The Balaban J connectivity index is 1.47. The average Bonchev–Trinajstić information content (AvgIpc) is 3.12. The van der Waals surface area contributed by atoms with E-state index in [9.17, 15) is 4.79 Å². The summed E-state index contributed by atoms with van der Waals surface area (Å²) in [6, 6.07) is 13.2. The Morgan fingerprint density at radius 1 is 1.08 bits per heavy atom. The highest BCUT2D eigenvalue weighted by Gasteiger charge is 2.07. The highest BCUT2D eigenvalue weighted by molar-refractivity contribution is 7.99. The summed E-state index contributed by atoms with van der Waals surface area (Å²) in [5.74, 6) is 1.04. The van der Waals surface area contributed by atoms with Gasteiger partial charge in [-0.05, 0) is 56.3 Å². The lowest BCUT2D eigenvalue weighted by Gasteiger charge is -2.08. The van der Waals surface area contributed by atoms with E-state index in [0.717, 1.165) is 28.5 Å². The van der Waals surface area contributed by atoms with Crippen molar-refractivity contribution in [2.45, 2.75) is 25.5 Å². The first-order valence-corrected chi connectivity index (χ1v) is 9.18. The smallest absolute Gasteiger partial charge is 0.234 e. The first-order valence-electron chi connectivity index (χ1n) is 8.20. The molecule has 0 radical (unpaired) electrons. The van der Waals surface area contributed by atoms with Crippen molar-refractivity contribution in [2.75, 3.05) is 16.4 Å². The van der Waals surface area contributed by atoms with Crippen LogP contribution >= 0.6 is 11.8 Å². The number of carbonyl (C=O) groups is 1. The monoisotopic (exact) mass is 368 g/mol. The molecule has 1 amide bonds. The second kappa shape index (κ2) is 8.53. The van der Waals surface area contributed by atoms with E-state index >= 15 is 0 Å². The lowest BCUT2D eigenvalue weighted by molar-refractivity contribution is -0.113. The van der Waals surface area contributed by atoms with Gasteiger partial charge in [0.05, 0.1) is 18.6 Å². The fraction of sp³-hybridized carbons (Fsp3) is 0.211. The van der Waals surface area contributed by atoms with Crippen LogP contribution in [-0.2, 0) is 11.3 Å². The second-order valence-electron chi connectivity index (χ2n) is 5.78. The Morgan fingerprint density at radius 2 is 1.77 bits per heavy atom. The predicted molar refractivity (Wildman–Crippen MR) is 103 cm³/mol. The molecule has 0 atom stereocenters. The first kappa shape index (κ1) is 18.0. The first-order chi connectivity index (χ1) is 12.6. The van der Waals surface area contributed by atoms with Crippen molar-refractivity contribution in [1.82, 2.24) is 9.97 Å². The number of furan rings is 1. The molecule has 0 aliphatic carbocycles. The van der Waals surface area contributed by atoms with Gasteiger partial charge in [0.25, 0.3) is 0 Å². The minimum Gasteiger partial charge on any atom is -0.467 e. The second-order valence-corrected chi connectivity index (χ2v) is 6.72. The molecule has 7 heteroatoms. The third-order valence-electron chi connectivity index (χ3n) is 3.51. The number of amides is 1. The summed E-state index contributed by atoms with van der Waals surface area (Å²) in [6.45, 7) is 4.45. The number of anilines is 2. The van der Waals surface area contributed by atoms with Crippen LogP contribution in [0.5, 0.6) is 0 Å². The largest absolute Gasteiger partial charge is 0.467 e. The van der Waals surface area contributed by atoms with Gasteiger partial charge in [0.2, 0.25) is 5.91 Å². The summed E-state index contributed by atoms with van der Waals surface area (Å²) in [4.78, 5) is 20.8. The van der Waals surface area contributed by atoms with E-state index in [2.05, 4.69) is 20.6 Å². The number of benzene rings is 1. The van der Waals surface area contributed by atoms with Gasteiger partial charge in [-0.3, -0.25) is 4.79 Å². The number of carbonyl (C=O) groups excluding carboxylic acids is 1. The van der Waals surface area contributed by atoms with Crippen LogP contribution in [0.3, 0.4) is 0 Å². The predicted octanol–water partition coefficient (Wildman–Crippen LogP) is 4.03. The van der Waals surface area contributed by atoms with E-state index in [1.807, 2.05) is 56.3 Å². The summed E-state index contributed by atoms with van der Waals surface area (Å²) >= 11 is 1.33. The summed E-state index contributed by atoms with van der Waals surface area (Å²) in [5.41, 5.74) is 3.51. The molecule has 0 aliphatic rings. The average molecular weight is 368 g/mol. The van der Waals surface area contributed by atoms with Gasteiger partial charge in [-0.1, -0.05) is 11.8 Å². The number of hydrogen-bond donors (Lipinski definition) is 2. The topological polar surface area (TPSA) is 80.0 Å². The third kappa shape index (κ3) is 5.35. The number of thioether (sulfide) groups is 1. The number of rotatable bonds is 7. The maximum Gasteiger partial charge on any atom is 0.234 e. The van der Waals surface area contributed by atoms with E-state index in [4.69, 9.17) is 4.42 Å². The van der Waals surface area contributed by atoms with Gasteiger partial charge in [-0.2, -0.15) is 0 Å². The van der Waals surface area contributed by atoms with Gasteiger partial charge in [-0.15, -0.1) is 0 Å². The van der Waals surface area contributed by atoms with Crippen molar-refractivity contribution >= 4 is 29.0 Å². The molecular formula is C19H20N4O2S. The molecule has 2 aromatic heterocycles. The normalized spacial score (nSPS) is 10.5. The van der Waals surface area contributed by atoms with E-state index < -0.39 is 0 Å². The fourth-order valence-corrected chi connectivity index (χ4v) is 3.11. The standard InChI is InChI=1S/C19H20N4O2S/c1-13-10-14(2)22-19(21-13)26-12-18(24)23-16-7-5-15(6-8-16)20-11-17-4-3-9-25-17/h3-10,20H,11-12H2,1-2H3,(H,23,24). The van der Waals surface area contributed by atoms with Gasteiger partial charge in [0.1, 0.15) is 5.76 Å². The molecule has 2 heterocycles. The van der Waals surface area contributed by atoms with Crippen LogP contribution in [0.25, 0.3) is 0 Å². The summed E-state index contributed by atoms with van der Waals surface area (Å²) < 4.78 is 5.28. The lowest BCUT2D eigenvalue weighted by Crippen LogP contribution is -2.14. The van der Waals surface area contributed by atoms with Crippen LogP contribution < -0.4 is 10.6 Å². The Bertz CT molecular complexity index is 844. The van der Waals surface area contributed by atoms with Crippen LogP contribution in [-0.4, -0.2) is 21.6 Å². The zero-order chi connectivity index (χ0) is 18.4. The van der Waals surface area contributed by atoms with Gasteiger partial charge in [0.15, 0.2) is 5.16 Å². The molecule has 6 nitrogen and oxygen atoms in total. The molecule has 1 aromatic carbocycles. The highest BCUT2D eigenvalue weighted by atomic mass is 32.2. The Morgan fingerprint density at radius 3 is 2.42 bits per heavy atom. The van der Waals surface area contributed by atoms with Gasteiger partial charge in [-0.25, -0.2) is 9.97 Å². The SMILES string of the molecule is Cc1cc(C)nc(SCC(=O)Nc2ccc(NCc3ccco3)cc2)n1. The molecule has 2 N–H and O–H groups in total. The van der Waals surface area contributed by atoms with Gasteiger partial charge in [0, 0.05) is 22.8 Å². The quantitative estimate of drug-likeness (QED) is 0.484. The van der Waals surface area contributed by atoms with Crippen LogP contribution in [0, 0.1) is 13.8 Å². The zero-order valence-corrected chi connectivity index (χ0v) is 15.5. The highest BCUT2D eigenvalue weighted by Crippen LogP contribution is 2.17. The third-order valence-corrected chi connectivity index (χ3v) is 4.36. The van der Waals surface area contributed by atoms with Crippen molar-refractivity contribution in [3.8, 4) is 0 Å². The molecule has 3 rings (SSSR count). The molecule has 3 aromatic rings. The van der Waals surface area contributed by atoms with Gasteiger partial charge < -0.3 is 15.1 Å². The Labute approximate surface area is 156 Å². The van der Waals surface area contributed by atoms with Crippen molar-refractivity contribution in [3.63, 3.8) is 0 Å². The zero-order valence-electron chi connectivity index (χ0n) is 14.7. The molecule has 0 fully saturated rings. The van der Waals surface area contributed by atoms with Crippen molar-refractivity contribution < 1.29 is 9.21 Å². The molecule has 134 valence electrons. The maximum atomic E-state index is 12.1. The minimum atomic E-state index is -0.0888. The fourth-order valence-electron chi connectivity index (χ4n) is 2.36. The van der Waals surface area contributed by atoms with E-state index in [-0.39, 0.29) is 11.7 Å². The number of aromatic nitrogens is 2. The van der Waals surface area contributed by atoms with Crippen molar-refractivity contribution in [1.29, 1.82) is 0 Å². The molecule has 0 saturated carbocycles. The molecule has 0 unspecified atom stereocenters. The minimum absolute atomic E-state index is 0.0888. The van der Waals surface area contributed by atoms with Crippen LogP contribution in [0.4, 0.5) is 11.4 Å². The van der Waals surface area contributed by atoms with Crippen LogP contribution in [0.15, 0.2) is 58.3 Å². The van der Waals surface area contributed by atoms with Crippen molar-refractivity contribution in [2.24, 2.45) is 0 Å². The number of nitrogens with one attached hydrogen (secondary N) is 2. The maximum absolute atomic E-state index is 12.1. The Hall–Kier alpha value is -2.80. The van der Waals surface area contributed by atoms with E-state index in [1.54, 1.807) is 6.26 Å². The molecule has 0 spiro atoms. The van der Waals surface area contributed by atoms with E-state index in [1.165, 1.54) is 11.8 Å². The van der Waals surface area contributed by atoms with Crippen molar-refractivity contribution in [3.05, 3.63) is 65.9 Å². The van der Waals surface area contributed by atoms with Crippen LogP contribution in [0.2, 0.25) is 0 Å². The summed E-state index contributed by atoms with van der Waals surface area (Å²) in [5, 5.41) is 6.75. The number of aryl methyl sites for hydroxylation is 2. The molecular weight excluding hydrogens is 348 g/mol. The number of hydrogen-bond acceptors (Lipinski definition) is 6. The van der Waals surface area contributed by atoms with Gasteiger partial charge >= 0.3 is 0 Å². The number of nitrogens with zero attached hydrogens (tertiary/aromatic N) is 2. The summed E-state index contributed by atoms with van der Waals surface area (Å²) in [7, 11) is 0. The Kier molecular flexibility index (Phi) is 5.91. The molecule has 26 heavy (non-hydrogen) atoms. The molecule has 0 bridgehead atoms. The molecule has 0 aliphatic heterocycles. The van der Waals surface area contributed by atoms with Crippen LogP contribution in [0.1, 0.15) is 17.1 Å². The molecule has 0 saturated heterocycles. The van der Waals surface area contributed by atoms with E-state index in [0.29, 0.717) is 11.7 Å².